The highest BCUT2D eigenvalue weighted by atomic mass is 32.2. The molecule has 0 amide bonds. The summed E-state index contributed by atoms with van der Waals surface area (Å²) in [5, 5.41) is 7.39. The summed E-state index contributed by atoms with van der Waals surface area (Å²) in [6.45, 7) is 5.33. The number of aryl methyl sites for hydroxylation is 1. The Balaban J connectivity index is 2.80. The quantitative estimate of drug-likeness (QED) is 0.437. The maximum atomic E-state index is 11.9. The maximum Gasteiger partial charge on any atom is 0.257 e. The Kier molecular flexibility index (Phi) is 4.12. The van der Waals surface area contributed by atoms with E-state index in [9.17, 15) is 8.42 Å². The summed E-state index contributed by atoms with van der Waals surface area (Å²) in [5.74, 6) is 0.547. The van der Waals surface area contributed by atoms with E-state index >= 15 is 0 Å². The summed E-state index contributed by atoms with van der Waals surface area (Å²) in [5.41, 5.74) is 4.67. The van der Waals surface area contributed by atoms with Crippen molar-refractivity contribution in [3.63, 3.8) is 0 Å². The Morgan fingerprint density at radius 2 is 2.22 bits per heavy atom. The Hall–Kier alpha value is -1.41. The third-order valence-corrected chi connectivity index (χ3v) is 3.97. The van der Waals surface area contributed by atoms with Gasteiger partial charge in [-0.2, -0.15) is 0 Å². The van der Waals surface area contributed by atoms with Crippen molar-refractivity contribution in [1.29, 1.82) is 5.41 Å². The molecule has 1 rings (SSSR count). The van der Waals surface area contributed by atoms with Gasteiger partial charge in [-0.1, -0.05) is 20.8 Å². The van der Waals surface area contributed by atoms with Crippen LogP contribution in [0.15, 0.2) is 11.2 Å². The van der Waals surface area contributed by atoms with Gasteiger partial charge in [0.25, 0.3) is 10.0 Å². The Morgan fingerprint density at radius 3 is 2.67 bits per heavy atom. The molecule has 0 aliphatic rings. The molecule has 1 heterocycles. The number of nitrogens with two attached hydrogens (primary N) is 1. The van der Waals surface area contributed by atoms with Crippen molar-refractivity contribution >= 4 is 15.9 Å². The number of aromatic amines is 1. The molecule has 7 nitrogen and oxygen atoms in total. The molecule has 0 aliphatic carbocycles. The molecule has 18 heavy (non-hydrogen) atoms. The van der Waals surface area contributed by atoms with E-state index in [0.29, 0.717) is 12.2 Å². The van der Waals surface area contributed by atoms with Crippen LogP contribution in [0.25, 0.3) is 0 Å². The largest absolute Gasteiger partial charge is 0.387 e. The molecule has 0 saturated heterocycles. The van der Waals surface area contributed by atoms with Crippen molar-refractivity contribution in [3.8, 4) is 0 Å². The van der Waals surface area contributed by atoms with Crippen molar-refractivity contribution in [2.45, 2.75) is 32.2 Å². The molecule has 0 radical (unpaired) electrons. The lowest BCUT2D eigenvalue weighted by Crippen LogP contribution is -2.42. The van der Waals surface area contributed by atoms with E-state index in [-0.39, 0.29) is 17.4 Å². The Labute approximate surface area is 107 Å². The van der Waals surface area contributed by atoms with Gasteiger partial charge in [0.05, 0.1) is 12.0 Å². The van der Waals surface area contributed by atoms with Crippen LogP contribution in [-0.4, -0.2) is 30.8 Å². The van der Waals surface area contributed by atoms with E-state index in [1.165, 1.54) is 6.20 Å². The molecule has 0 atom stereocenters. The van der Waals surface area contributed by atoms with E-state index in [1.54, 1.807) is 13.8 Å². The number of hydrogen-bond donors (Lipinski definition) is 4. The van der Waals surface area contributed by atoms with Crippen LogP contribution < -0.4 is 10.5 Å². The third kappa shape index (κ3) is 3.30. The molecule has 1 aromatic heterocycles. The van der Waals surface area contributed by atoms with Gasteiger partial charge in [0.15, 0.2) is 5.03 Å². The third-order valence-electron chi connectivity index (χ3n) is 2.66. The van der Waals surface area contributed by atoms with Crippen LogP contribution in [0.4, 0.5) is 0 Å². The molecule has 0 unspecified atom stereocenters. The highest BCUT2D eigenvalue weighted by Gasteiger charge is 2.25. The molecular weight excluding hydrogens is 254 g/mol. The van der Waals surface area contributed by atoms with Gasteiger partial charge < -0.3 is 10.7 Å². The van der Waals surface area contributed by atoms with Crippen LogP contribution in [0.5, 0.6) is 0 Å². The second-order valence-electron chi connectivity index (χ2n) is 4.67. The zero-order valence-corrected chi connectivity index (χ0v) is 11.6. The number of nitrogens with zero attached hydrogens (tertiary/aromatic N) is 1. The lowest BCUT2D eigenvalue weighted by molar-refractivity contribution is 0.492. The average Bonchev–Trinajstić information content (AvgIpc) is 2.75. The number of imidazole rings is 1. The summed E-state index contributed by atoms with van der Waals surface area (Å²) in [4.78, 5) is 6.66. The minimum absolute atomic E-state index is 0.0266. The van der Waals surface area contributed by atoms with Gasteiger partial charge in [-0.25, -0.2) is 18.1 Å². The van der Waals surface area contributed by atoms with Gasteiger partial charge in [0.1, 0.15) is 5.82 Å². The van der Waals surface area contributed by atoms with Gasteiger partial charge in [-0.15, -0.1) is 0 Å². The molecule has 0 spiro atoms. The lowest BCUT2D eigenvalue weighted by Gasteiger charge is -2.22. The monoisotopic (exact) mass is 273 g/mol. The molecule has 102 valence electrons. The minimum atomic E-state index is -3.64. The van der Waals surface area contributed by atoms with Crippen molar-refractivity contribution in [3.05, 3.63) is 12.0 Å². The molecule has 1 aromatic rings. The Morgan fingerprint density at radius 1 is 1.61 bits per heavy atom. The highest BCUT2D eigenvalue weighted by molar-refractivity contribution is 7.89. The predicted octanol–water partition coefficient (Wildman–Crippen LogP) is 0.213. The zero-order valence-electron chi connectivity index (χ0n) is 10.7. The first-order chi connectivity index (χ1) is 8.19. The van der Waals surface area contributed by atoms with Crippen molar-refractivity contribution in [2.24, 2.45) is 11.1 Å². The topological polar surface area (TPSA) is 125 Å². The van der Waals surface area contributed by atoms with Crippen LogP contribution >= 0.6 is 0 Å². The first-order valence-corrected chi connectivity index (χ1v) is 7.05. The minimum Gasteiger partial charge on any atom is -0.387 e. The molecule has 5 N–H and O–H groups in total. The van der Waals surface area contributed by atoms with Crippen molar-refractivity contribution < 1.29 is 8.42 Å². The SMILES string of the molecule is CCc1ncc(S(=O)(=O)NCC(C)(C)C(=N)N)[nH]1. The normalized spacial score (nSPS) is 12.6. The van der Waals surface area contributed by atoms with E-state index in [2.05, 4.69) is 14.7 Å². The van der Waals surface area contributed by atoms with Crippen molar-refractivity contribution in [1.82, 2.24) is 14.7 Å². The zero-order chi connectivity index (χ0) is 14.0. The van der Waals surface area contributed by atoms with Crippen LogP contribution in [0.2, 0.25) is 0 Å². The van der Waals surface area contributed by atoms with Crippen LogP contribution in [0.1, 0.15) is 26.6 Å². The van der Waals surface area contributed by atoms with Gasteiger partial charge in [0, 0.05) is 18.4 Å². The number of aromatic nitrogens is 2. The number of rotatable bonds is 6. The smallest absolute Gasteiger partial charge is 0.257 e. The fraction of sp³-hybridized carbons (Fsp3) is 0.600. The molecular formula is C10H19N5O2S. The standard InChI is InChI=1S/C10H19N5O2S/c1-4-7-13-5-8(15-7)18(16,17)14-6-10(2,3)9(11)12/h5,14H,4,6H2,1-3H3,(H3,11,12)(H,13,15). The average molecular weight is 273 g/mol. The second kappa shape index (κ2) is 5.07. The number of H-pyrrole nitrogens is 1. The van der Waals surface area contributed by atoms with E-state index in [1.807, 2.05) is 6.92 Å². The number of hydrogen-bond acceptors (Lipinski definition) is 4. The maximum absolute atomic E-state index is 11.9. The lowest BCUT2D eigenvalue weighted by atomic mass is 9.93. The molecule has 0 fully saturated rings. The number of amidine groups is 1. The van der Waals surface area contributed by atoms with Gasteiger partial charge in [-0.3, -0.25) is 5.41 Å². The van der Waals surface area contributed by atoms with Crippen molar-refractivity contribution in [2.75, 3.05) is 6.54 Å². The highest BCUT2D eigenvalue weighted by Crippen LogP contribution is 2.14. The summed E-state index contributed by atoms with van der Waals surface area (Å²) in [7, 11) is -3.64. The summed E-state index contributed by atoms with van der Waals surface area (Å²) in [6.07, 6.45) is 1.91. The second-order valence-corrected chi connectivity index (χ2v) is 6.41. The summed E-state index contributed by atoms with van der Waals surface area (Å²) >= 11 is 0. The summed E-state index contributed by atoms with van der Waals surface area (Å²) in [6, 6.07) is 0. The van der Waals surface area contributed by atoms with E-state index < -0.39 is 15.4 Å². The Bertz CT molecular complexity index is 532. The van der Waals surface area contributed by atoms with Crippen LogP contribution in [0, 0.1) is 10.8 Å². The first-order valence-electron chi connectivity index (χ1n) is 5.57. The fourth-order valence-corrected chi connectivity index (χ4v) is 2.26. The van der Waals surface area contributed by atoms with E-state index in [0.717, 1.165) is 0 Å². The van der Waals surface area contributed by atoms with Gasteiger partial charge in [0.2, 0.25) is 0 Å². The molecule has 8 heteroatoms. The van der Waals surface area contributed by atoms with Crippen LogP contribution in [0.3, 0.4) is 0 Å². The van der Waals surface area contributed by atoms with E-state index in [4.69, 9.17) is 11.1 Å². The van der Waals surface area contributed by atoms with Crippen LogP contribution in [-0.2, 0) is 16.4 Å². The molecule has 0 bridgehead atoms. The van der Waals surface area contributed by atoms with Gasteiger partial charge in [-0.05, 0) is 0 Å². The number of nitrogens with one attached hydrogen (secondary N) is 3. The predicted molar refractivity (Wildman–Crippen MR) is 68.8 cm³/mol. The summed E-state index contributed by atoms with van der Waals surface area (Å²) < 4.78 is 26.3. The molecule has 0 saturated carbocycles. The molecule has 0 aliphatic heterocycles. The van der Waals surface area contributed by atoms with Gasteiger partial charge >= 0.3 is 0 Å². The fourth-order valence-electron chi connectivity index (χ4n) is 1.11. The first kappa shape index (κ1) is 14.7. The number of sulfonamides is 1. The molecule has 0 aromatic carbocycles.